The highest BCUT2D eigenvalue weighted by molar-refractivity contribution is 7.09. The van der Waals surface area contributed by atoms with Crippen LogP contribution < -0.4 is 31.2 Å². The number of rotatable bonds is 11. The second kappa shape index (κ2) is 12.6. The first-order valence-electron chi connectivity index (χ1n) is 12.4. The zero-order valence-electron chi connectivity index (χ0n) is 23.0. The van der Waals surface area contributed by atoms with Crippen LogP contribution in [0.2, 0.25) is 0 Å². The van der Waals surface area contributed by atoms with Gasteiger partial charge in [0.1, 0.15) is 10.9 Å². The number of benzene rings is 2. The summed E-state index contributed by atoms with van der Waals surface area (Å²) in [6.07, 6.45) is 0.756. The average molecular weight is 554 g/mol. The zero-order valence-corrected chi connectivity index (χ0v) is 23.8. The Morgan fingerprint density at radius 2 is 1.67 bits per heavy atom. The molecule has 0 saturated carbocycles. The van der Waals surface area contributed by atoms with Crippen LogP contribution >= 0.6 is 11.5 Å². The molecule has 1 heterocycles. The molecule has 2 aromatic carbocycles. The number of amides is 3. The first-order valence-corrected chi connectivity index (χ1v) is 13.2. The highest BCUT2D eigenvalue weighted by Crippen LogP contribution is 2.37. The van der Waals surface area contributed by atoms with Gasteiger partial charge in [0.15, 0.2) is 17.2 Å². The summed E-state index contributed by atoms with van der Waals surface area (Å²) in [5.74, 6) is -0.594. The first kappa shape index (κ1) is 29.4. The molecule has 11 heteroatoms. The van der Waals surface area contributed by atoms with E-state index in [1.54, 1.807) is 18.2 Å². The standard InChI is InChI=1S/C28H35N5O5S/c1-15(2)9-10-31-27(35)24(18-7-8-20(37-5)21(14-18)38-6)33(19-12-16(3)11-17(4)13-19)28(36)25-22(29)23(26(30)34)32-39-25/h7-8,11-15,24H,9-10,29H2,1-6H3,(H2,30,34)(H,31,35)/t24-/m1/s1. The number of nitrogens with one attached hydrogen (secondary N) is 1. The highest BCUT2D eigenvalue weighted by atomic mass is 32.1. The molecule has 0 spiro atoms. The molecule has 3 aromatic rings. The van der Waals surface area contributed by atoms with E-state index in [4.69, 9.17) is 20.9 Å². The molecule has 3 rings (SSSR count). The monoisotopic (exact) mass is 553 g/mol. The van der Waals surface area contributed by atoms with Crippen LogP contribution in [-0.4, -0.2) is 42.9 Å². The van der Waals surface area contributed by atoms with E-state index in [1.807, 2.05) is 32.0 Å². The molecule has 39 heavy (non-hydrogen) atoms. The fourth-order valence-corrected chi connectivity index (χ4v) is 4.98. The predicted molar refractivity (Wildman–Crippen MR) is 153 cm³/mol. The Kier molecular flexibility index (Phi) is 9.52. The molecular formula is C28H35N5O5S. The van der Waals surface area contributed by atoms with Crippen molar-refractivity contribution in [2.24, 2.45) is 11.7 Å². The van der Waals surface area contributed by atoms with Gasteiger partial charge in [-0.3, -0.25) is 19.3 Å². The van der Waals surface area contributed by atoms with Crippen LogP contribution in [0.1, 0.15) is 63.2 Å². The molecule has 0 bridgehead atoms. The highest BCUT2D eigenvalue weighted by Gasteiger charge is 2.36. The molecule has 0 saturated heterocycles. The topological polar surface area (TPSA) is 150 Å². The van der Waals surface area contributed by atoms with Crippen molar-refractivity contribution in [3.8, 4) is 11.5 Å². The van der Waals surface area contributed by atoms with Crippen molar-refractivity contribution >= 4 is 40.6 Å². The van der Waals surface area contributed by atoms with Gasteiger partial charge in [0.05, 0.1) is 19.9 Å². The molecule has 0 radical (unpaired) electrons. The van der Waals surface area contributed by atoms with Crippen molar-refractivity contribution in [1.29, 1.82) is 0 Å². The third kappa shape index (κ3) is 6.66. The molecule has 0 unspecified atom stereocenters. The largest absolute Gasteiger partial charge is 0.493 e. The molecule has 208 valence electrons. The van der Waals surface area contributed by atoms with Crippen molar-refractivity contribution < 1.29 is 23.9 Å². The average Bonchev–Trinajstić information content (AvgIpc) is 3.27. The number of nitrogen functional groups attached to an aromatic ring is 1. The third-order valence-corrected chi connectivity index (χ3v) is 6.96. The number of hydrogen-bond acceptors (Lipinski definition) is 8. The zero-order chi connectivity index (χ0) is 28.9. The summed E-state index contributed by atoms with van der Waals surface area (Å²) in [4.78, 5) is 41.3. The molecule has 0 aliphatic heterocycles. The Labute approximate surface area is 232 Å². The number of aromatic nitrogens is 1. The van der Waals surface area contributed by atoms with Crippen molar-refractivity contribution in [1.82, 2.24) is 9.69 Å². The molecule has 1 atom stereocenters. The second-order valence-corrected chi connectivity index (χ2v) is 10.4. The number of carbonyl (C=O) groups excluding carboxylic acids is 3. The normalized spacial score (nSPS) is 11.7. The van der Waals surface area contributed by atoms with Crippen LogP contribution in [0, 0.1) is 19.8 Å². The second-order valence-electron chi connectivity index (χ2n) is 9.65. The maximum Gasteiger partial charge on any atom is 0.273 e. The third-order valence-electron chi connectivity index (χ3n) is 6.11. The molecular weight excluding hydrogens is 518 g/mol. The number of ether oxygens (including phenoxy) is 2. The predicted octanol–water partition coefficient (Wildman–Crippen LogP) is 4.01. The van der Waals surface area contributed by atoms with E-state index in [9.17, 15) is 14.4 Å². The maximum absolute atomic E-state index is 14.2. The Bertz CT molecular complexity index is 1350. The van der Waals surface area contributed by atoms with E-state index in [-0.39, 0.29) is 16.3 Å². The molecule has 5 N–H and O–H groups in total. The molecule has 3 amide bonds. The van der Waals surface area contributed by atoms with Crippen LogP contribution in [0.25, 0.3) is 0 Å². The number of primary amides is 1. The molecule has 0 aliphatic rings. The summed E-state index contributed by atoms with van der Waals surface area (Å²) in [5.41, 5.74) is 14.0. The lowest BCUT2D eigenvalue weighted by atomic mass is 10.0. The van der Waals surface area contributed by atoms with E-state index < -0.39 is 23.8 Å². The van der Waals surface area contributed by atoms with Crippen molar-refractivity contribution in [2.45, 2.75) is 40.2 Å². The van der Waals surface area contributed by atoms with Gasteiger partial charge in [0.25, 0.3) is 11.8 Å². The van der Waals surface area contributed by atoms with Gasteiger partial charge in [0, 0.05) is 12.2 Å². The van der Waals surface area contributed by atoms with E-state index in [2.05, 4.69) is 23.5 Å². The molecule has 1 aromatic heterocycles. The molecule has 0 fully saturated rings. The number of methoxy groups -OCH3 is 2. The van der Waals surface area contributed by atoms with Crippen molar-refractivity contribution in [3.05, 3.63) is 63.7 Å². The van der Waals surface area contributed by atoms with Gasteiger partial charge in [-0.1, -0.05) is 26.0 Å². The van der Waals surface area contributed by atoms with E-state index in [0.717, 1.165) is 29.1 Å². The summed E-state index contributed by atoms with van der Waals surface area (Å²) in [5, 5.41) is 2.98. The number of hydrogen-bond donors (Lipinski definition) is 3. The van der Waals surface area contributed by atoms with Crippen LogP contribution in [-0.2, 0) is 4.79 Å². The lowest BCUT2D eigenvalue weighted by Gasteiger charge is -2.32. The summed E-state index contributed by atoms with van der Waals surface area (Å²) in [6.45, 7) is 8.35. The van der Waals surface area contributed by atoms with Gasteiger partial charge in [0.2, 0.25) is 5.91 Å². The number of nitrogens with zero attached hydrogens (tertiary/aromatic N) is 2. The Hall–Kier alpha value is -4.12. The van der Waals surface area contributed by atoms with Crippen molar-refractivity contribution in [3.63, 3.8) is 0 Å². The SMILES string of the molecule is COc1ccc([C@H](C(=O)NCCC(C)C)N(C(=O)c2snc(C(N)=O)c2N)c2cc(C)cc(C)c2)cc1OC. The van der Waals surface area contributed by atoms with Gasteiger partial charge < -0.3 is 26.3 Å². The van der Waals surface area contributed by atoms with Gasteiger partial charge in [-0.25, -0.2) is 0 Å². The summed E-state index contributed by atoms with van der Waals surface area (Å²) >= 11 is 0.760. The van der Waals surface area contributed by atoms with Gasteiger partial charge >= 0.3 is 0 Å². The van der Waals surface area contributed by atoms with Crippen LogP contribution in [0.4, 0.5) is 11.4 Å². The number of anilines is 2. The number of carbonyl (C=O) groups is 3. The fraction of sp³-hybridized carbons (Fsp3) is 0.357. The van der Waals surface area contributed by atoms with Gasteiger partial charge in [-0.2, -0.15) is 4.37 Å². The van der Waals surface area contributed by atoms with E-state index in [0.29, 0.717) is 35.2 Å². The van der Waals surface area contributed by atoms with Crippen molar-refractivity contribution in [2.75, 3.05) is 31.4 Å². The van der Waals surface area contributed by atoms with Crippen LogP contribution in [0.15, 0.2) is 36.4 Å². The number of aryl methyl sites for hydroxylation is 2. The maximum atomic E-state index is 14.2. The Morgan fingerprint density at radius 3 is 2.21 bits per heavy atom. The van der Waals surface area contributed by atoms with Crippen LogP contribution in [0.3, 0.4) is 0 Å². The Balaban J connectivity index is 2.26. The quantitative estimate of drug-likeness (QED) is 0.325. The van der Waals surface area contributed by atoms with Crippen LogP contribution in [0.5, 0.6) is 11.5 Å². The first-order chi connectivity index (χ1) is 18.5. The van der Waals surface area contributed by atoms with Gasteiger partial charge in [-0.05, 0) is 78.7 Å². The minimum atomic E-state index is -1.12. The lowest BCUT2D eigenvalue weighted by Crippen LogP contribution is -2.44. The Morgan fingerprint density at radius 1 is 1.03 bits per heavy atom. The summed E-state index contributed by atoms with van der Waals surface area (Å²) in [7, 11) is 3.01. The fourth-order valence-electron chi connectivity index (χ4n) is 4.23. The van der Waals surface area contributed by atoms with E-state index >= 15 is 0 Å². The lowest BCUT2D eigenvalue weighted by molar-refractivity contribution is -0.122. The van der Waals surface area contributed by atoms with Gasteiger partial charge in [-0.15, -0.1) is 0 Å². The van der Waals surface area contributed by atoms with E-state index in [1.165, 1.54) is 19.1 Å². The number of nitrogens with two attached hydrogens (primary N) is 2. The summed E-state index contributed by atoms with van der Waals surface area (Å²) < 4.78 is 14.9. The smallest absolute Gasteiger partial charge is 0.273 e. The molecule has 10 nitrogen and oxygen atoms in total. The summed E-state index contributed by atoms with van der Waals surface area (Å²) in [6, 6.07) is 9.52. The molecule has 0 aliphatic carbocycles. The minimum absolute atomic E-state index is 0.00316. The minimum Gasteiger partial charge on any atom is -0.493 e.